The van der Waals surface area contributed by atoms with Gasteiger partial charge in [-0.25, -0.2) is 0 Å². The predicted octanol–water partition coefficient (Wildman–Crippen LogP) is 2.75. The molecule has 0 aliphatic rings. The maximum absolute atomic E-state index is 11.2. The minimum absolute atomic E-state index is 0.0238. The highest BCUT2D eigenvalue weighted by Gasteiger charge is 2.24. The third-order valence-corrected chi connectivity index (χ3v) is 3.02. The molecule has 0 radical (unpaired) electrons. The van der Waals surface area contributed by atoms with Gasteiger partial charge in [0.15, 0.2) is 0 Å². The molecule has 0 aromatic rings. The maximum atomic E-state index is 11.2. The zero-order chi connectivity index (χ0) is 14.0. The largest absolute Gasteiger partial charge is 0.464 e. The number of alkyl halides is 2. The van der Waals surface area contributed by atoms with E-state index in [9.17, 15) is 9.59 Å². The molecule has 0 rings (SSSR count). The van der Waals surface area contributed by atoms with E-state index in [-0.39, 0.29) is 30.4 Å². The Hall–Kier alpha value is -0.480. The van der Waals surface area contributed by atoms with Crippen LogP contribution < -0.4 is 0 Å². The van der Waals surface area contributed by atoms with Crippen molar-refractivity contribution >= 4 is 35.1 Å². The molecule has 18 heavy (non-hydrogen) atoms. The summed E-state index contributed by atoms with van der Waals surface area (Å²) in [5, 5.41) is 0. The van der Waals surface area contributed by atoms with Crippen LogP contribution in [0.15, 0.2) is 0 Å². The first-order chi connectivity index (χ1) is 8.58. The summed E-state index contributed by atoms with van der Waals surface area (Å²) >= 11 is 10.8. The van der Waals surface area contributed by atoms with Crippen molar-refractivity contribution in [3.05, 3.63) is 0 Å². The van der Waals surface area contributed by atoms with E-state index in [2.05, 4.69) is 0 Å². The van der Waals surface area contributed by atoms with Gasteiger partial charge in [-0.05, 0) is 12.8 Å². The van der Waals surface area contributed by atoms with E-state index in [1.807, 2.05) is 13.8 Å². The van der Waals surface area contributed by atoms with E-state index in [1.165, 1.54) is 0 Å². The van der Waals surface area contributed by atoms with Crippen molar-refractivity contribution in [2.45, 2.75) is 39.2 Å². The van der Waals surface area contributed by atoms with Gasteiger partial charge in [0.1, 0.15) is 17.9 Å². The fourth-order valence-electron chi connectivity index (χ4n) is 1.60. The lowest BCUT2D eigenvalue weighted by molar-refractivity contribution is -0.153. The van der Waals surface area contributed by atoms with Gasteiger partial charge in [-0.1, -0.05) is 20.3 Å². The molecule has 106 valence electrons. The van der Waals surface area contributed by atoms with Crippen LogP contribution in [-0.4, -0.2) is 36.4 Å². The van der Waals surface area contributed by atoms with Crippen molar-refractivity contribution in [3.8, 4) is 0 Å². The Labute approximate surface area is 118 Å². The highest BCUT2D eigenvalue weighted by atomic mass is 35.5. The zero-order valence-corrected chi connectivity index (χ0v) is 12.3. The predicted molar refractivity (Wildman–Crippen MR) is 71.0 cm³/mol. The van der Waals surface area contributed by atoms with Crippen LogP contribution in [0.4, 0.5) is 0 Å². The fraction of sp³-hybridized carbons (Fsp3) is 0.833. The third-order valence-electron chi connectivity index (χ3n) is 2.58. The van der Waals surface area contributed by atoms with Crippen LogP contribution in [0, 0.1) is 5.92 Å². The van der Waals surface area contributed by atoms with E-state index in [1.54, 1.807) is 0 Å². The summed E-state index contributed by atoms with van der Waals surface area (Å²) in [6, 6.07) is 0. The Bertz CT molecular complexity index is 258. The Morgan fingerprint density at radius 3 is 2.17 bits per heavy atom. The van der Waals surface area contributed by atoms with Crippen molar-refractivity contribution in [3.63, 3.8) is 0 Å². The van der Waals surface area contributed by atoms with Crippen molar-refractivity contribution in [1.82, 2.24) is 0 Å². The molecule has 0 aromatic heterocycles. The van der Waals surface area contributed by atoms with E-state index >= 15 is 0 Å². The highest BCUT2D eigenvalue weighted by Crippen LogP contribution is 2.18. The van der Waals surface area contributed by atoms with Crippen LogP contribution >= 0.6 is 23.2 Å². The molecule has 0 amide bonds. The van der Waals surface area contributed by atoms with Crippen LogP contribution in [0.5, 0.6) is 0 Å². The summed E-state index contributed by atoms with van der Waals surface area (Å²) in [5.41, 5.74) is 0. The summed E-state index contributed by atoms with van der Waals surface area (Å²) in [6.07, 6.45) is 2.07. The second kappa shape index (κ2) is 10.4. The van der Waals surface area contributed by atoms with Gasteiger partial charge < -0.3 is 9.47 Å². The number of ether oxygens (including phenoxy) is 2. The zero-order valence-electron chi connectivity index (χ0n) is 10.8. The number of rotatable bonds is 9. The molecule has 0 fully saturated rings. The second-order valence-electron chi connectivity index (χ2n) is 3.94. The lowest BCUT2D eigenvalue weighted by Gasteiger charge is -2.25. The van der Waals surface area contributed by atoms with Crippen LogP contribution in [0.3, 0.4) is 0 Å². The molecule has 0 N–H and O–H groups in total. The second-order valence-corrected chi connectivity index (χ2v) is 4.47. The number of carbonyl (C=O) groups is 2. The van der Waals surface area contributed by atoms with E-state index < -0.39 is 11.9 Å². The van der Waals surface area contributed by atoms with Crippen molar-refractivity contribution in [1.29, 1.82) is 0 Å². The average molecular weight is 299 g/mol. The van der Waals surface area contributed by atoms with Gasteiger partial charge >= 0.3 is 11.9 Å². The van der Waals surface area contributed by atoms with Crippen LogP contribution in [0.25, 0.3) is 0 Å². The molecular weight excluding hydrogens is 279 g/mol. The minimum atomic E-state index is -0.464. The molecule has 4 nitrogen and oxygen atoms in total. The van der Waals surface area contributed by atoms with Gasteiger partial charge in [-0.3, -0.25) is 9.59 Å². The first-order valence-corrected chi connectivity index (χ1v) is 7.12. The molecule has 0 aliphatic heterocycles. The summed E-state index contributed by atoms with van der Waals surface area (Å²) in [4.78, 5) is 22.2. The van der Waals surface area contributed by atoms with Gasteiger partial charge in [-0.2, -0.15) is 0 Å². The standard InChI is InChI=1S/C12H20Cl2O4/c1-3-5-10(18-12(16)7-14)9(4-2)8-17-11(15)6-13/h9-10H,3-8H2,1-2H3/t9-,10+/m0/s1. The van der Waals surface area contributed by atoms with Gasteiger partial charge in [0.25, 0.3) is 0 Å². The van der Waals surface area contributed by atoms with Gasteiger partial charge in [0.05, 0.1) is 6.61 Å². The summed E-state index contributed by atoms with van der Waals surface area (Å²) in [7, 11) is 0. The first kappa shape index (κ1) is 17.5. The summed E-state index contributed by atoms with van der Waals surface area (Å²) in [5.74, 6) is -1.27. The molecule has 6 heteroatoms. The molecule has 0 saturated heterocycles. The smallest absolute Gasteiger partial charge is 0.321 e. The van der Waals surface area contributed by atoms with Crippen molar-refractivity contribution in [2.24, 2.45) is 5.92 Å². The number of hydrogen-bond donors (Lipinski definition) is 0. The Kier molecular flexibility index (Phi) is 10.2. The SMILES string of the molecule is CCC[C@@H](OC(=O)CCl)[C@@H](CC)COC(=O)CCl. The van der Waals surface area contributed by atoms with Gasteiger partial charge in [-0.15, -0.1) is 23.2 Å². The lowest BCUT2D eigenvalue weighted by atomic mass is 9.96. The van der Waals surface area contributed by atoms with Crippen LogP contribution in [-0.2, 0) is 19.1 Å². The summed E-state index contributed by atoms with van der Waals surface area (Å²) in [6.45, 7) is 4.16. The Morgan fingerprint density at radius 2 is 1.72 bits per heavy atom. The Morgan fingerprint density at radius 1 is 1.11 bits per heavy atom. The third kappa shape index (κ3) is 7.07. The molecule has 0 aromatic carbocycles. The molecule has 0 spiro atoms. The number of hydrogen-bond acceptors (Lipinski definition) is 4. The molecule has 0 unspecified atom stereocenters. The highest BCUT2D eigenvalue weighted by molar-refractivity contribution is 6.26. The van der Waals surface area contributed by atoms with Crippen molar-refractivity contribution < 1.29 is 19.1 Å². The number of carbonyl (C=O) groups excluding carboxylic acids is 2. The Balaban J connectivity index is 4.40. The molecule has 0 bridgehead atoms. The lowest BCUT2D eigenvalue weighted by Crippen LogP contribution is -2.31. The van der Waals surface area contributed by atoms with Gasteiger partial charge in [0, 0.05) is 5.92 Å². The molecule has 0 aliphatic carbocycles. The normalized spacial score (nSPS) is 13.8. The van der Waals surface area contributed by atoms with Crippen molar-refractivity contribution in [2.75, 3.05) is 18.4 Å². The number of esters is 2. The monoisotopic (exact) mass is 298 g/mol. The summed E-state index contributed by atoms with van der Waals surface area (Å²) < 4.78 is 10.3. The quantitative estimate of drug-likeness (QED) is 0.485. The van der Waals surface area contributed by atoms with E-state index in [4.69, 9.17) is 32.7 Å². The number of halogens is 2. The molecule has 0 heterocycles. The van der Waals surface area contributed by atoms with Crippen LogP contribution in [0.2, 0.25) is 0 Å². The van der Waals surface area contributed by atoms with E-state index in [0.717, 1.165) is 19.3 Å². The topological polar surface area (TPSA) is 52.6 Å². The van der Waals surface area contributed by atoms with Crippen LogP contribution in [0.1, 0.15) is 33.1 Å². The molecule has 2 atom stereocenters. The molecule has 0 saturated carbocycles. The van der Waals surface area contributed by atoms with E-state index in [0.29, 0.717) is 0 Å². The minimum Gasteiger partial charge on any atom is -0.464 e. The molecular formula is C12H20Cl2O4. The van der Waals surface area contributed by atoms with Gasteiger partial charge in [0.2, 0.25) is 0 Å². The average Bonchev–Trinajstić information content (AvgIpc) is 2.38. The maximum Gasteiger partial charge on any atom is 0.321 e. The fourth-order valence-corrected chi connectivity index (χ4v) is 1.74. The first-order valence-electron chi connectivity index (χ1n) is 6.05.